The number of fused-ring (bicyclic) bond motifs is 4. The van der Waals surface area contributed by atoms with Crippen LogP contribution in [-0.2, 0) is 14.3 Å². The van der Waals surface area contributed by atoms with Gasteiger partial charge in [-0.25, -0.2) is 4.79 Å². The largest absolute Gasteiger partial charge is 0.449 e. The summed E-state index contributed by atoms with van der Waals surface area (Å²) in [5.41, 5.74) is 9.71. The topological polar surface area (TPSA) is 105 Å². The molecule has 3 atom stereocenters. The average Bonchev–Trinajstić information content (AvgIpc) is 3.18. The van der Waals surface area contributed by atoms with Crippen LogP contribution < -0.4 is 11.1 Å². The number of nitrogens with one attached hydrogen (secondary N) is 1. The molecule has 2 aromatic carbocycles. The lowest BCUT2D eigenvalue weighted by Gasteiger charge is -2.69. The summed E-state index contributed by atoms with van der Waals surface area (Å²) in [5.74, 6) is -0.0659. The number of nitrogens with zero attached hydrogens (tertiary/aromatic N) is 2. The van der Waals surface area contributed by atoms with Crippen molar-refractivity contribution < 1.29 is 19.1 Å². The van der Waals surface area contributed by atoms with Gasteiger partial charge < -0.3 is 25.6 Å². The lowest BCUT2D eigenvalue weighted by atomic mass is 9.71. The number of benzene rings is 2. The van der Waals surface area contributed by atoms with Crippen molar-refractivity contribution in [2.24, 2.45) is 11.7 Å². The van der Waals surface area contributed by atoms with Gasteiger partial charge in [-0.15, -0.1) is 0 Å². The monoisotopic (exact) mass is 490 g/mol. The van der Waals surface area contributed by atoms with Crippen LogP contribution in [0.15, 0.2) is 48.5 Å². The molecule has 2 aromatic rings. The Morgan fingerprint density at radius 2 is 1.69 bits per heavy atom. The van der Waals surface area contributed by atoms with Gasteiger partial charge in [-0.2, -0.15) is 0 Å². The molecule has 2 aliphatic heterocycles. The Kier molecular flexibility index (Phi) is 6.24. The highest BCUT2D eigenvalue weighted by Crippen LogP contribution is 2.45. The number of piperazine rings is 1. The van der Waals surface area contributed by atoms with Crippen molar-refractivity contribution in [2.75, 3.05) is 26.2 Å². The van der Waals surface area contributed by atoms with E-state index in [1.54, 1.807) is 9.80 Å². The Bertz CT molecular complexity index is 1150. The van der Waals surface area contributed by atoms with E-state index in [0.717, 1.165) is 11.1 Å². The van der Waals surface area contributed by atoms with Gasteiger partial charge in [0.05, 0.1) is 18.1 Å². The molecule has 3 aliphatic rings. The van der Waals surface area contributed by atoms with Crippen molar-refractivity contribution in [3.05, 3.63) is 59.7 Å². The SMILES string of the molecule is CC(C)C[C@H](NC(=O)OCC1c2ccccc2-c2ccccc21)C(=O)N1C[C@H]2N(C(=O)CN)CC21C. The van der Waals surface area contributed by atoms with E-state index in [2.05, 4.69) is 29.6 Å². The summed E-state index contributed by atoms with van der Waals surface area (Å²) < 4.78 is 5.70. The van der Waals surface area contributed by atoms with Crippen LogP contribution >= 0.6 is 0 Å². The van der Waals surface area contributed by atoms with Gasteiger partial charge in [0, 0.05) is 19.0 Å². The first-order chi connectivity index (χ1) is 17.2. The van der Waals surface area contributed by atoms with E-state index in [1.165, 1.54) is 11.1 Å². The maximum atomic E-state index is 13.5. The second kappa shape index (κ2) is 9.24. The van der Waals surface area contributed by atoms with Gasteiger partial charge in [0.25, 0.3) is 0 Å². The predicted molar refractivity (Wildman–Crippen MR) is 136 cm³/mol. The number of carbonyl (C=O) groups excluding carboxylic acids is 3. The molecular formula is C28H34N4O4. The Balaban J connectivity index is 1.23. The van der Waals surface area contributed by atoms with Crippen molar-refractivity contribution in [3.63, 3.8) is 0 Å². The first kappa shape index (κ1) is 24.3. The third-order valence-electron chi connectivity index (χ3n) is 7.96. The van der Waals surface area contributed by atoms with E-state index in [1.807, 2.05) is 45.0 Å². The molecule has 1 unspecified atom stereocenters. The maximum absolute atomic E-state index is 13.5. The number of ether oxygens (including phenoxy) is 1. The Morgan fingerprint density at radius 3 is 2.22 bits per heavy atom. The summed E-state index contributed by atoms with van der Waals surface area (Å²) >= 11 is 0. The van der Waals surface area contributed by atoms with E-state index in [0.29, 0.717) is 19.5 Å². The molecular weight excluding hydrogens is 456 g/mol. The fourth-order valence-corrected chi connectivity index (χ4v) is 6.00. The highest BCUT2D eigenvalue weighted by molar-refractivity contribution is 5.89. The molecule has 2 heterocycles. The molecule has 0 radical (unpaired) electrons. The summed E-state index contributed by atoms with van der Waals surface area (Å²) in [4.78, 5) is 41.9. The molecule has 0 bridgehead atoms. The van der Waals surface area contributed by atoms with E-state index in [-0.39, 0.29) is 42.8 Å². The molecule has 3 N–H and O–H groups in total. The fraction of sp³-hybridized carbons (Fsp3) is 0.464. The van der Waals surface area contributed by atoms with E-state index in [4.69, 9.17) is 10.5 Å². The van der Waals surface area contributed by atoms with Crippen LogP contribution in [0.5, 0.6) is 0 Å². The van der Waals surface area contributed by atoms with Crippen LogP contribution in [0, 0.1) is 5.92 Å². The minimum absolute atomic E-state index is 0.00773. The quantitative estimate of drug-likeness (QED) is 0.621. The van der Waals surface area contributed by atoms with Crippen LogP contribution in [0.4, 0.5) is 4.79 Å². The van der Waals surface area contributed by atoms with Crippen molar-refractivity contribution in [1.82, 2.24) is 15.1 Å². The summed E-state index contributed by atoms with van der Waals surface area (Å²) in [6.07, 6.45) is -0.0854. The van der Waals surface area contributed by atoms with Crippen LogP contribution in [0.25, 0.3) is 11.1 Å². The third-order valence-corrected chi connectivity index (χ3v) is 7.96. The third kappa shape index (κ3) is 3.93. The zero-order valence-corrected chi connectivity index (χ0v) is 21.1. The van der Waals surface area contributed by atoms with Crippen LogP contribution in [0.3, 0.4) is 0 Å². The minimum atomic E-state index is -0.683. The molecule has 8 nitrogen and oxygen atoms in total. The first-order valence-electron chi connectivity index (χ1n) is 12.7. The average molecular weight is 491 g/mol. The number of nitrogens with two attached hydrogens (primary N) is 1. The van der Waals surface area contributed by atoms with Gasteiger partial charge in [0.2, 0.25) is 11.8 Å². The Labute approximate surface area is 211 Å². The van der Waals surface area contributed by atoms with Crippen LogP contribution in [-0.4, -0.2) is 71.6 Å². The van der Waals surface area contributed by atoms with Crippen molar-refractivity contribution in [3.8, 4) is 11.1 Å². The minimum Gasteiger partial charge on any atom is -0.449 e. The molecule has 190 valence electrons. The standard InChI is InChI=1S/C28H34N4O4/c1-17(2)12-23(26(34)32-14-24-28(32,3)16-31(24)25(33)13-29)30-27(35)36-15-22-20-10-6-4-8-18(20)19-9-5-7-11-21(19)22/h4-11,17,22-24H,12-16,29H2,1-3H3,(H,30,35)/t23-,24+,28?/m0/s1. The summed E-state index contributed by atoms with van der Waals surface area (Å²) in [5, 5.41) is 2.84. The summed E-state index contributed by atoms with van der Waals surface area (Å²) in [6, 6.07) is 15.7. The maximum Gasteiger partial charge on any atom is 0.407 e. The molecule has 2 fully saturated rings. The molecule has 0 spiro atoms. The first-order valence-corrected chi connectivity index (χ1v) is 12.7. The molecule has 1 aliphatic carbocycles. The van der Waals surface area contributed by atoms with Gasteiger partial charge in [0.15, 0.2) is 0 Å². The second-order valence-corrected chi connectivity index (χ2v) is 10.7. The molecule has 8 heteroatoms. The molecule has 0 saturated carbocycles. The number of amides is 3. The molecule has 0 aromatic heterocycles. The van der Waals surface area contributed by atoms with Gasteiger partial charge in [0.1, 0.15) is 12.6 Å². The summed E-state index contributed by atoms with van der Waals surface area (Å²) in [7, 11) is 0. The van der Waals surface area contributed by atoms with Gasteiger partial charge in [-0.1, -0.05) is 62.4 Å². The zero-order chi connectivity index (χ0) is 25.6. The smallest absolute Gasteiger partial charge is 0.407 e. The lowest BCUT2D eigenvalue weighted by molar-refractivity contribution is -0.205. The number of alkyl carbamates (subject to hydrolysis) is 1. The number of rotatable bonds is 7. The van der Waals surface area contributed by atoms with Crippen LogP contribution in [0.1, 0.15) is 44.2 Å². The molecule has 3 amide bonds. The Hall–Kier alpha value is -3.39. The van der Waals surface area contributed by atoms with E-state index < -0.39 is 17.7 Å². The zero-order valence-electron chi connectivity index (χ0n) is 21.1. The van der Waals surface area contributed by atoms with Gasteiger partial charge in [-0.3, -0.25) is 9.59 Å². The number of likely N-dealkylation sites (tertiary alicyclic amines) is 2. The number of hydrogen-bond donors (Lipinski definition) is 2. The molecule has 2 saturated heterocycles. The Morgan fingerprint density at radius 1 is 1.08 bits per heavy atom. The summed E-state index contributed by atoms with van der Waals surface area (Å²) in [6.45, 7) is 7.12. The second-order valence-electron chi connectivity index (χ2n) is 10.7. The van der Waals surface area contributed by atoms with Crippen molar-refractivity contribution in [2.45, 2.75) is 50.7 Å². The van der Waals surface area contributed by atoms with Gasteiger partial charge >= 0.3 is 6.09 Å². The number of carbonyl (C=O) groups is 3. The predicted octanol–water partition coefficient (Wildman–Crippen LogP) is 2.71. The van der Waals surface area contributed by atoms with Crippen LogP contribution in [0.2, 0.25) is 0 Å². The van der Waals surface area contributed by atoms with Gasteiger partial charge in [-0.05, 0) is 41.5 Å². The van der Waals surface area contributed by atoms with Crippen molar-refractivity contribution >= 4 is 17.9 Å². The van der Waals surface area contributed by atoms with Crippen molar-refractivity contribution in [1.29, 1.82) is 0 Å². The molecule has 36 heavy (non-hydrogen) atoms. The lowest BCUT2D eigenvalue weighted by Crippen LogP contribution is -2.88. The van der Waals surface area contributed by atoms with E-state index in [9.17, 15) is 14.4 Å². The highest BCUT2D eigenvalue weighted by Gasteiger charge is 2.64. The number of hydrogen-bond acceptors (Lipinski definition) is 5. The fourth-order valence-electron chi connectivity index (χ4n) is 6.00. The molecule has 5 rings (SSSR count). The normalized spacial score (nSPS) is 22.6. The highest BCUT2D eigenvalue weighted by atomic mass is 16.5. The van der Waals surface area contributed by atoms with E-state index >= 15 is 0 Å².